The van der Waals surface area contributed by atoms with Crippen molar-refractivity contribution < 1.29 is 36.9 Å². The van der Waals surface area contributed by atoms with Crippen LogP contribution in [0.1, 0.15) is 11.1 Å². The Morgan fingerprint density at radius 3 is 1.59 bits per heavy atom. The molecule has 0 bridgehead atoms. The maximum atomic E-state index is 13.1. The second-order valence-corrected chi connectivity index (χ2v) is 6.38. The van der Waals surface area contributed by atoms with Crippen molar-refractivity contribution in [3.8, 4) is 34.1 Å². The van der Waals surface area contributed by atoms with Crippen molar-refractivity contribution in [3.63, 3.8) is 0 Å². The lowest BCUT2D eigenvalue weighted by atomic mass is 9.95. The number of ether oxygens (including phenoxy) is 4. The van der Waals surface area contributed by atoms with Gasteiger partial charge in [0.1, 0.15) is 0 Å². The minimum absolute atomic E-state index is 0.0391. The monoisotopic (exact) mass is 379 g/mol. The first-order chi connectivity index (χ1) is 12.9. The number of nitrogens with zero attached hydrogens (tertiary/aromatic N) is 1. The molecule has 3 aliphatic rings. The summed E-state index contributed by atoms with van der Waals surface area (Å²) in [4.78, 5) is 12.7. The minimum atomic E-state index is -4.96. The van der Waals surface area contributed by atoms with Crippen LogP contribution in [0.3, 0.4) is 0 Å². The molecule has 2 aromatic carbocycles. The molecule has 1 amide bonds. The predicted molar refractivity (Wildman–Crippen MR) is 84.4 cm³/mol. The van der Waals surface area contributed by atoms with E-state index in [0.29, 0.717) is 45.3 Å². The van der Waals surface area contributed by atoms with Gasteiger partial charge in [-0.2, -0.15) is 13.2 Å². The van der Waals surface area contributed by atoms with Crippen molar-refractivity contribution in [1.29, 1.82) is 0 Å². The van der Waals surface area contributed by atoms with E-state index in [1.165, 1.54) is 0 Å². The van der Waals surface area contributed by atoms with Crippen molar-refractivity contribution in [2.24, 2.45) is 0 Å². The number of carbonyl (C=O) groups is 1. The highest BCUT2D eigenvalue weighted by molar-refractivity contribution is 5.84. The fourth-order valence-corrected chi connectivity index (χ4v) is 3.52. The summed E-state index contributed by atoms with van der Waals surface area (Å²) in [5.41, 5.74) is 2.42. The number of rotatable bonds is 0. The number of alkyl halides is 3. The summed E-state index contributed by atoms with van der Waals surface area (Å²) in [7, 11) is 0. The smallest absolute Gasteiger partial charge is 0.454 e. The van der Waals surface area contributed by atoms with Crippen molar-refractivity contribution >= 4 is 5.91 Å². The molecule has 5 rings (SSSR count). The van der Waals surface area contributed by atoms with Crippen LogP contribution in [0.2, 0.25) is 0 Å². The summed E-state index contributed by atoms with van der Waals surface area (Å²) in [5.74, 6) is 0.00673. The van der Waals surface area contributed by atoms with Gasteiger partial charge >= 0.3 is 12.1 Å². The first-order valence-electron chi connectivity index (χ1n) is 8.11. The minimum Gasteiger partial charge on any atom is -0.454 e. The van der Waals surface area contributed by atoms with Crippen molar-refractivity contribution in [2.75, 3.05) is 13.6 Å². The van der Waals surface area contributed by atoms with Crippen LogP contribution >= 0.6 is 0 Å². The fourth-order valence-electron chi connectivity index (χ4n) is 3.52. The molecule has 0 aromatic heterocycles. The molecular formula is C18H12F3NO5. The van der Waals surface area contributed by atoms with E-state index in [2.05, 4.69) is 0 Å². The van der Waals surface area contributed by atoms with E-state index in [4.69, 9.17) is 18.9 Å². The highest BCUT2D eigenvalue weighted by atomic mass is 19.4. The highest BCUT2D eigenvalue weighted by Gasteiger charge is 2.43. The Hall–Kier alpha value is -3.10. The van der Waals surface area contributed by atoms with Crippen LogP contribution < -0.4 is 18.9 Å². The third kappa shape index (κ3) is 2.53. The number of fused-ring (bicyclic) bond motifs is 5. The molecule has 0 atom stereocenters. The normalized spacial score (nSPS) is 16.6. The number of benzene rings is 2. The summed E-state index contributed by atoms with van der Waals surface area (Å²) in [6.07, 6.45) is -4.96. The Kier molecular flexibility index (Phi) is 3.25. The van der Waals surface area contributed by atoms with Crippen molar-refractivity contribution in [2.45, 2.75) is 19.3 Å². The predicted octanol–water partition coefficient (Wildman–Crippen LogP) is 3.22. The summed E-state index contributed by atoms with van der Waals surface area (Å²) >= 11 is 0. The average Bonchev–Trinajstić information content (AvgIpc) is 3.23. The number of hydrogen-bond acceptors (Lipinski definition) is 5. The van der Waals surface area contributed by atoms with E-state index in [-0.39, 0.29) is 26.7 Å². The molecule has 0 aliphatic carbocycles. The first-order valence-corrected chi connectivity index (χ1v) is 8.11. The van der Waals surface area contributed by atoms with E-state index in [1.807, 2.05) is 0 Å². The molecule has 0 radical (unpaired) electrons. The quantitative estimate of drug-likeness (QED) is 0.704. The first kappa shape index (κ1) is 16.1. The van der Waals surface area contributed by atoms with Crippen LogP contribution in [0, 0.1) is 0 Å². The number of carbonyl (C=O) groups excluding carboxylic acids is 1. The molecule has 0 fully saturated rings. The number of amides is 1. The van der Waals surface area contributed by atoms with Gasteiger partial charge in [-0.05, 0) is 46.5 Å². The molecular weight excluding hydrogens is 367 g/mol. The van der Waals surface area contributed by atoms with Crippen molar-refractivity contribution in [3.05, 3.63) is 35.4 Å². The largest absolute Gasteiger partial charge is 0.471 e. The number of halogens is 3. The molecule has 3 heterocycles. The van der Waals surface area contributed by atoms with Crippen LogP contribution in [-0.2, 0) is 17.9 Å². The summed E-state index contributed by atoms with van der Waals surface area (Å²) in [5, 5.41) is 0. The molecule has 2 aromatic rings. The summed E-state index contributed by atoms with van der Waals surface area (Å²) < 4.78 is 60.7. The lowest BCUT2D eigenvalue weighted by molar-refractivity contribution is -0.186. The maximum Gasteiger partial charge on any atom is 0.471 e. The van der Waals surface area contributed by atoms with Gasteiger partial charge in [0.2, 0.25) is 13.6 Å². The average molecular weight is 379 g/mol. The van der Waals surface area contributed by atoms with E-state index in [1.54, 1.807) is 24.3 Å². The molecule has 0 spiro atoms. The van der Waals surface area contributed by atoms with Gasteiger partial charge in [0.25, 0.3) is 0 Å². The van der Waals surface area contributed by atoms with Crippen LogP contribution in [-0.4, -0.2) is 30.6 Å². The maximum absolute atomic E-state index is 13.1. The highest BCUT2D eigenvalue weighted by Crippen LogP contribution is 2.46. The van der Waals surface area contributed by atoms with E-state index in [0.717, 1.165) is 4.90 Å². The van der Waals surface area contributed by atoms with Gasteiger partial charge in [-0.25, -0.2) is 0 Å². The molecule has 3 aliphatic heterocycles. The van der Waals surface area contributed by atoms with Gasteiger partial charge in [-0.1, -0.05) is 0 Å². The van der Waals surface area contributed by atoms with Gasteiger partial charge in [0.05, 0.1) is 0 Å². The number of hydrogen-bond donors (Lipinski definition) is 0. The molecule has 27 heavy (non-hydrogen) atoms. The van der Waals surface area contributed by atoms with Crippen molar-refractivity contribution in [1.82, 2.24) is 4.90 Å². The molecule has 9 heteroatoms. The molecule has 0 unspecified atom stereocenters. The third-order valence-corrected chi connectivity index (χ3v) is 4.74. The topological polar surface area (TPSA) is 57.2 Å². The molecule has 140 valence electrons. The van der Waals surface area contributed by atoms with Gasteiger partial charge in [0, 0.05) is 13.1 Å². The van der Waals surface area contributed by atoms with Crippen LogP contribution in [0.25, 0.3) is 11.1 Å². The zero-order chi connectivity index (χ0) is 18.8. The van der Waals surface area contributed by atoms with E-state index >= 15 is 0 Å². The van der Waals surface area contributed by atoms with Gasteiger partial charge < -0.3 is 23.8 Å². The fraction of sp³-hybridized carbons (Fsp3) is 0.278. The zero-order valence-corrected chi connectivity index (χ0v) is 13.8. The summed E-state index contributed by atoms with van der Waals surface area (Å²) in [6.45, 7) is -0.328. The van der Waals surface area contributed by atoms with E-state index in [9.17, 15) is 18.0 Å². The molecule has 0 N–H and O–H groups in total. The SMILES string of the molecule is O=C(N1Cc2cc3c(cc2-c2cc4c(cc2C1)OCO4)OCO3)C(F)(F)F. The van der Waals surface area contributed by atoms with Crippen LogP contribution in [0.5, 0.6) is 23.0 Å². The Labute approximate surface area is 151 Å². The Bertz CT molecular complexity index is 907. The third-order valence-electron chi connectivity index (χ3n) is 4.74. The van der Waals surface area contributed by atoms with Gasteiger partial charge in [-0.3, -0.25) is 4.79 Å². The molecule has 0 saturated carbocycles. The molecule has 6 nitrogen and oxygen atoms in total. The van der Waals surface area contributed by atoms with Gasteiger partial charge in [0.15, 0.2) is 23.0 Å². The Morgan fingerprint density at radius 1 is 0.778 bits per heavy atom. The Balaban J connectivity index is 1.70. The zero-order valence-electron chi connectivity index (χ0n) is 13.8. The second-order valence-electron chi connectivity index (χ2n) is 6.38. The van der Waals surface area contributed by atoms with E-state index < -0.39 is 12.1 Å². The van der Waals surface area contributed by atoms with Gasteiger partial charge in [-0.15, -0.1) is 0 Å². The van der Waals surface area contributed by atoms with Crippen LogP contribution in [0.4, 0.5) is 13.2 Å². The standard InChI is InChI=1S/C18H12F3NO5/c19-18(20,21)17(23)22-5-9-1-13-15(26-7-24-13)3-11(9)12-4-16-14(25-8-27-16)2-10(12)6-22/h1-4H,5-8H2. The molecule has 0 saturated heterocycles. The van der Waals surface area contributed by atoms with Crippen LogP contribution in [0.15, 0.2) is 24.3 Å². The lowest BCUT2D eigenvalue weighted by Gasteiger charge is -2.22. The second kappa shape index (κ2) is 5.45. The Morgan fingerprint density at radius 2 is 1.19 bits per heavy atom. The lowest BCUT2D eigenvalue weighted by Crippen LogP contribution is -2.39. The summed E-state index contributed by atoms with van der Waals surface area (Å²) in [6, 6.07) is 6.68.